The second-order valence-corrected chi connectivity index (χ2v) is 5.23. The fraction of sp³-hybridized carbons (Fsp3) is 0.636. The van der Waals surface area contributed by atoms with Crippen molar-refractivity contribution in [1.29, 1.82) is 0 Å². The molecule has 94 valence electrons. The Labute approximate surface area is 105 Å². The lowest BCUT2D eigenvalue weighted by Crippen LogP contribution is -2.26. The minimum absolute atomic E-state index is 0.0757. The summed E-state index contributed by atoms with van der Waals surface area (Å²) in [6.07, 6.45) is 1.47. The number of carbonyl (C=O) groups is 1. The maximum Gasteiger partial charge on any atom is 0.255 e. The van der Waals surface area contributed by atoms with Crippen molar-refractivity contribution in [2.24, 2.45) is 0 Å². The maximum atomic E-state index is 11.8. The summed E-state index contributed by atoms with van der Waals surface area (Å²) in [4.78, 5) is 18.2. The molecule has 1 amide bonds. The number of nitrogens with one attached hydrogen (secondary N) is 1. The van der Waals surface area contributed by atoms with E-state index in [1.165, 1.54) is 11.3 Å². The zero-order chi connectivity index (χ0) is 12.3. The number of amides is 1. The predicted molar refractivity (Wildman–Crippen MR) is 67.1 cm³/mol. The molecule has 0 bridgehead atoms. The summed E-state index contributed by atoms with van der Waals surface area (Å²) in [5.74, 6) is -0.0757. The molecular weight excluding hydrogens is 238 g/mol. The van der Waals surface area contributed by atoms with Crippen LogP contribution in [-0.2, 0) is 16.1 Å². The predicted octanol–water partition coefficient (Wildman–Crippen LogP) is 1.32. The Morgan fingerprint density at radius 1 is 1.71 bits per heavy atom. The summed E-state index contributed by atoms with van der Waals surface area (Å²) >= 11 is 1.45. The van der Waals surface area contributed by atoms with Crippen LogP contribution in [0.5, 0.6) is 0 Å². The number of carbonyl (C=O) groups excluding carboxylic acids is 1. The van der Waals surface area contributed by atoms with Gasteiger partial charge in [0.2, 0.25) is 0 Å². The van der Waals surface area contributed by atoms with E-state index < -0.39 is 0 Å². The summed E-state index contributed by atoms with van der Waals surface area (Å²) in [6, 6.07) is 0. The molecule has 0 radical (unpaired) electrons. The molecular formula is C11H17N3O2S. The molecule has 2 heterocycles. The Morgan fingerprint density at radius 3 is 3.18 bits per heavy atom. The first-order valence-corrected chi connectivity index (χ1v) is 6.55. The molecule has 1 atom stereocenters. The van der Waals surface area contributed by atoms with Gasteiger partial charge in [-0.05, 0) is 26.9 Å². The molecule has 6 heteroatoms. The topological polar surface area (TPSA) is 54.5 Å². The van der Waals surface area contributed by atoms with E-state index in [2.05, 4.69) is 10.3 Å². The number of hydrogen-bond donors (Lipinski definition) is 1. The summed E-state index contributed by atoms with van der Waals surface area (Å²) in [5, 5.41) is 5.42. The first kappa shape index (κ1) is 12.5. The van der Waals surface area contributed by atoms with Crippen LogP contribution in [0.4, 0.5) is 5.13 Å². The zero-order valence-corrected chi connectivity index (χ0v) is 10.9. The molecule has 1 N–H and O–H groups in total. The fourth-order valence-electron chi connectivity index (χ4n) is 1.73. The normalized spacial score (nSPS) is 19.8. The third kappa shape index (κ3) is 3.49. The zero-order valence-electron chi connectivity index (χ0n) is 10.1. The quantitative estimate of drug-likeness (QED) is 0.881. The number of nitrogens with zero attached hydrogens (tertiary/aromatic N) is 2. The van der Waals surface area contributed by atoms with E-state index in [1.807, 2.05) is 24.4 Å². The van der Waals surface area contributed by atoms with Gasteiger partial charge in [-0.3, -0.25) is 10.1 Å². The Balaban J connectivity index is 1.89. The second-order valence-electron chi connectivity index (χ2n) is 4.37. The van der Waals surface area contributed by atoms with Crippen LogP contribution in [0.2, 0.25) is 0 Å². The summed E-state index contributed by atoms with van der Waals surface area (Å²) in [6.45, 7) is 1.47. The minimum Gasteiger partial charge on any atom is -0.368 e. The Hall–Kier alpha value is -0.980. The molecule has 1 aromatic rings. The molecule has 1 saturated heterocycles. The molecule has 1 aromatic heterocycles. The van der Waals surface area contributed by atoms with E-state index in [1.54, 1.807) is 0 Å². The van der Waals surface area contributed by atoms with Crippen LogP contribution in [0.15, 0.2) is 5.38 Å². The number of hydrogen-bond acceptors (Lipinski definition) is 5. The van der Waals surface area contributed by atoms with Crippen LogP contribution in [0.25, 0.3) is 0 Å². The van der Waals surface area contributed by atoms with E-state index in [9.17, 15) is 4.79 Å². The highest BCUT2D eigenvalue weighted by molar-refractivity contribution is 7.13. The molecule has 5 nitrogen and oxygen atoms in total. The molecule has 1 unspecified atom stereocenters. The third-order valence-electron chi connectivity index (χ3n) is 2.48. The fourth-order valence-corrected chi connectivity index (χ4v) is 2.44. The average molecular weight is 255 g/mol. The molecule has 1 fully saturated rings. The number of anilines is 1. The molecule has 0 spiro atoms. The summed E-state index contributed by atoms with van der Waals surface area (Å²) < 4.78 is 5.31. The van der Waals surface area contributed by atoms with E-state index in [4.69, 9.17) is 4.74 Å². The SMILES string of the molecule is CN(C)Cc1csc(NC(=O)C2CCCO2)n1. The van der Waals surface area contributed by atoms with Crippen molar-refractivity contribution in [3.8, 4) is 0 Å². The highest BCUT2D eigenvalue weighted by Gasteiger charge is 2.24. The van der Waals surface area contributed by atoms with Crippen molar-refractivity contribution in [1.82, 2.24) is 9.88 Å². The number of thiazole rings is 1. The summed E-state index contributed by atoms with van der Waals surface area (Å²) in [5.41, 5.74) is 0.975. The van der Waals surface area contributed by atoms with Gasteiger partial charge in [-0.2, -0.15) is 0 Å². The molecule has 17 heavy (non-hydrogen) atoms. The molecule has 0 aliphatic carbocycles. The van der Waals surface area contributed by atoms with Gasteiger partial charge < -0.3 is 9.64 Å². The van der Waals surface area contributed by atoms with E-state index >= 15 is 0 Å². The lowest BCUT2D eigenvalue weighted by atomic mass is 10.2. The minimum atomic E-state index is -0.295. The molecule has 2 rings (SSSR count). The standard InChI is InChI=1S/C11H17N3O2S/c1-14(2)6-8-7-17-11(12-8)13-10(15)9-4-3-5-16-9/h7,9H,3-6H2,1-2H3,(H,12,13,15). The smallest absolute Gasteiger partial charge is 0.255 e. The number of rotatable bonds is 4. The Kier molecular flexibility index (Phi) is 4.09. The largest absolute Gasteiger partial charge is 0.368 e. The van der Waals surface area contributed by atoms with Crippen LogP contribution in [0, 0.1) is 0 Å². The van der Waals surface area contributed by atoms with Crippen molar-refractivity contribution in [2.45, 2.75) is 25.5 Å². The van der Waals surface area contributed by atoms with Gasteiger partial charge >= 0.3 is 0 Å². The van der Waals surface area contributed by atoms with Crippen LogP contribution < -0.4 is 5.32 Å². The van der Waals surface area contributed by atoms with Crippen LogP contribution >= 0.6 is 11.3 Å². The first-order valence-electron chi connectivity index (χ1n) is 5.67. The van der Waals surface area contributed by atoms with Gasteiger partial charge in [0, 0.05) is 18.5 Å². The third-order valence-corrected chi connectivity index (χ3v) is 3.29. The molecule has 0 aromatic carbocycles. The van der Waals surface area contributed by atoms with Gasteiger partial charge in [-0.25, -0.2) is 4.98 Å². The van der Waals surface area contributed by atoms with E-state index in [-0.39, 0.29) is 12.0 Å². The lowest BCUT2D eigenvalue weighted by Gasteiger charge is -2.08. The van der Waals surface area contributed by atoms with Crippen molar-refractivity contribution >= 4 is 22.4 Å². The highest BCUT2D eigenvalue weighted by atomic mass is 32.1. The molecule has 1 aliphatic heterocycles. The average Bonchev–Trinajstić information content (AvgIpc) is 2.87. The number of ether oxygens (including phenoxy) is 1. The second kappa shape index (κ2) is 5.57. The van der Waals surface area contributed by atoms with Crippen LogP contribution in [0.1, 0.15) is 18.5 Å². The van der Waals surface area contributed by atoms with Gasteiger partial charge in [0.1, 0.15) is 6.10 Å². The lowest BCUT2D eigenvalue weighted by molar-refractivity contribution is -0.124. The van der Waals surface area contributed by atoms with E-state index in [0.717, 1.165) is 25.1 Å². The number of aromatic nitrogens is 1. The molecule has 0 saturated carbocycles. The van der Waals surface area contributed by atoms with E-state index in [0.29, 0.717) is 11.7 Å². The van der Waals surface area contributed by atoms with Crippen LogP contribution in [0.3, 0.4) is 0 Å². The van der Waals surface area contributed by atoms with Crippen molar-refractivity contribution < 1.29 is 9.53 Å². The van der Waals surface area contributed by atoms with Gasteiger partial charge in [0.05, 0.1) is 5.69 Å². The molecule has 1 aliphatic rings. The van der Waals surface area contributed by atoms with Crippen molar-refractivity contribution in [2.75, 3.05) is 26.0 Å². The van der Waals surface area contributed by atoms with Gasteiger partial charge in [-0.1, -0.05) is 0 Å². The Morgan fingerprint density at radius 2 is 2.53 bits per heavy atom. The van der Waals surface area contributed by atoms with Crippen molar-refractivity contribution in [3.63, 3.8) is 0 Å². The van der Waals surface area contributed by atoms with Gasteiger partial charge in [-0.15, -0.1) is 11.3 Å². The summed E-state index contributed by atoms with van der Waals surface area (Å²) in [7, 11) is 3.98. The van der Waals surface area contributed by atoms with Gasteiger partial charge in [0.15, 0.2) is 5.13 Å². The Bertz CT molecular complexity index is 386. The first-order chi connectivity index (χ1) is 8.15. The monoisotopic (exact) mass is 255 g/mol. The van der Waals surface area contributed by atoms with Crippen molar-refractivity contribution in [3.05, 3.63) is 11.1 Å². The maximum absolute atomic E-state index is 11.8. The van der Waals surface area contributed by atoms with Crippen LogP contribution in [-0.4, -0.2) is 42.6 Å². The highest BCUT2D eigenvalue weighted by Crippen LogP contribution is 2.19. The van der Waals surface area contributed by atoms with Gasteiger partial charge in [0.25, 0.3) is 5.91 Å².